The summed E-state index contributed by atoms with van der Waals surface area (Å²) >= 11 is 0. The predicted molar refractivity (Wildman–Crippen MR) is 63.7 cm³/mol. The van der Waals surface area contributed by atoms with Crippen molar-refractivity contribution in [2.24, 2.45) is 0 Å². The van der Waals surface area contributed by atoms with E-state index in [2.05, 4.69) is 20.3 Å². The summed E-state index contributed by atoms with van der Waals surface area (Å²) in [6.07, 6.45) is 6.77. The second-order valence-electron chi connectivity index (χ2n) is 3.45. The van der Waals surface area contributed by atoms with Crippen molar-refractivity contribution in [1.82, 2.24) is 20.3 Å². The molecule has 0 aliphatic carbocycles. The average molecular weight is 230 g/mol. The molecule has 17 heavy (non-hydrogen) atoms. The van der Waals surface area contributed by atoms with Crippen molar-refractivity contribution >= 4 is 0 Å². The van der Waals surface area contributed by atoms with Crippen LogP contribution in [0.4, 0.5) is 0 Å². The van der Waals surface area contributed by atoms with Gasteiger partial charge in [-0.05, 0) is 24.7 Å². The Morgan fingerprint density at radius 2 is 1.82 bits per heavy atom. The molecule has 1 N–H and O–H groups in total. The van der Waals surface area contributed by atoms with Gasteiger partial charge in [-0.25, -0.2) is 4.98 Å². The second kappa shape index (κ2) is 5.36. The summed E-state index contributed by atoms with van der Waals surface area (Å²) < 4.78 is 5.22. The van der Waals surface area contributed by atoms with E-state index < -0.39 is 0 Å². The fraction of sp³-hybridized carbons (Fsp3) is 0.250. The molecule has 0 radical (unpaired) electrons. The molecule has 0 bridgehead atoms. The largest absolute Gasteiger partial charge is 0.480 e. The van der Waals surface area contributed by atoms with Gasteiger partial charge in [-0.1, -0.05) is 0 Å². The van der Waals surface area contributed by atoms with Crippen LogP contribution < -0.4 is 10.1 Å². The number of nitrogens with one attached hydrogen (secondary N) is 1. The van der Waals surface area contributed by atoms with E-state index in [0.717, 1.165) is 11.3 Å². The summed E-state index contributed by atoms with van der Waals surface area (Å²) in [7, 11) is 3.46. The van der Waals surface area contributed by atoms with Gasteiger partial charge in [0.25, 0.3) is 0 Å². The molecule has 5 heteroatoms. The van der Waals surface area contributed by atoms with Crippen molar-refractivity contribution in [2.45, 2.75) is 6.04 Å². The van der Waals surface area contributed by atoms with E-state index in [4.69, 9.17) is 4.74 Å². The fourth-order valence-corrected chi connectivity index (χ4v) is 1.71. The predicted octanol–water partition coefficient (Wildman–Crippen LogP) is 1.19. The minimum absolute atomic E-state index is 0.0540. The Morgan fingerprint density at radius 3 is 2.47 bits per heavy atom. The lowest BCUT2D eigenvalue weighted by Gasteiger charge is -2.17. The van der Waals surface area contributed by atoms with Crippen molar-refractivity contribution in [3.63, 3.8) is 0 Å². The second-order valence-corrected chi connectivity index (χ2v) is 3.45. The average Bonchev–Trinajstić information content (AvgIpc) is 2.41. The number of hydrogen-bond acceptors (Lipinski definition) is 5. The zero-order chi connectivity index (χ0) is 12.1. The molecule has 0 amide bonds. The number of methoxy groups -OCH3 is 1. The maximum absolute atomic E-state index is 5.22. The molecule has 0 aliphatic heterocycles. The molecular formula is C12H14N4O. The Hall–Kier alpha value is -2.01. The van der Waals surface area contributed by atoms with Gasteiger partial charge in [0.1, 0.15) is 5.69 Å². The van der Waals surface area contributed by atoms with Crippen molar-refractivity contribution in [3.8, 4) is 5.88 Å². The van der Waals surface area contributed by atoms with Crippen molar-refractivity contribution in [2.75, 3.05) is 14.2 Å². The van der Waals surface area contributed by atoms with Crippen LogP contribution in [0.1, 0.15) is 17.3 Å². The van der Waals surface area contributed by atoms with E-state index in [-0.39, 0.29) is 6.04 Å². The van der Waals surface area contributed by atoms with Gasteiger partial charge in [0.15, 0.2) is 0 Å². The van der Waals surface area contributed by atoms with Gasteiger partial charge < -0.3 is 10.1 Å². The molecule has 5 nitrogen and oxygen atoms in total. The number of pyridine rings is 1. The minimum atomic E-state index is -0.0540. The summed E-state index contributed by atoms with van der Waals surface area (Å²) in [5.74, 6) is 0.531. The molecule has 0 aromatic carbocycles. The molecule has 2 rings (SSSR count). The first-order valence-electron chi connectivity index (χ1n) is 5.29. The molecule has 2 heterocycles. The highest BCUT2D eigenvalue weighted by atomic mass is 16.5. The van der Waals surface area contributed by atoms with Crippen LogP contribution in [0.3, 0.4) is 0 Å². The Labute approximate surface area is 99.9 Å². The molecule has 88 valence electrons. The smallest absolute Gasteiger partial charge is 0.237 e. The van der Waals surface area contributed by atoms with Gasteiger partial charge in [0.05, 0.1) is 13.2 Å². The van der Waals surface area contributed by atoms with Gasteiger partial charge in [0, 0.05) is 24.8 Å². The van der Waals surface area contributed by atoms with E-state index in [0.29, 0.717) is 5.88 Å². The fourth-order valence-electron chi connectivity index (χ4n) is 1.71. The zero-order valence-electron chi connectivity index (χ0n) is 9.79. The SMILES string of the molecule is CNC(c1ccncc1)c1nccnc1OC. The summed E-state index contributed by atoms with van der Waals surface area (Å²) in [4.78, 5) is 12.5. The quantitative estimate of drug-likeness (QED) is 0.855. The number of aromatic nitrogens is 3. The Bertz CT molecular complexity index is 475. The number of hydrogen-bond donors (Lipinski definition) is 1. The van der Waals surface area contributed by atoms with Gasteiger partial charge in [0.2, 0.25) is 5.88 Å². The third-order valence-corrected chi connectivity index (χ3v) is 2.49. The van der Waals surface area contributed by atoms with Crippen LogP contribution in [0.15, 0.2) is 36.9 Å². The zero-order valence-corrected chi connectivity index (χ0v) is 9.79. The van der Waals surface area contributed by atoms with E-state index in [9.17, 15) is 0 Å². The number of ether oxygens (including phenoxy) is 1. The molecular weight excluding hydrogens is 216 g/mol. The maximum atomic E-state index is 5.22. The van der Waals surface area contributed by atoms with Crippen molar-refractivity contribution in [1.29, 1.82) is 0 Å². The molecule has 0 spiro atoms. The first-order chi connectivity index (χ1) is 8.36. The Morgan fingerprint density at radius 1 is 1.12 bits per heavy atom. The van der Waals surface area contributed by atoms with Crippen LogP contribution in [0.25, 0.3) is 0 Å². The normalized spacial score (nSPS) is 12.1. The summed E-state index contributed by atoms with van der Waals surface area (Å²) in [6, 6.07) is 3.83. The lowest BCUT2D eigenvalue weighted by Crippen LogP contribution is -2.20. The summed E-state index contributed by atoms with van der Waals surface area (Å²) in [6.45, 7) is 0. The lowest BCUT2D eigenvalue weighted by molar-refractivity contribution is 0.384. The van der Waals surface area contributed by atoms with Gasteiger partial charge in [-0.15, -0.1) is 0 Å². The molecule has 0 fully saturated rings. The van der Waals surface area contributed by atoms with Crippen molar-refractivity contribution < 1.29 is 4.74 Å². The van der Waals surface area contributed by atoms with Crippen LogP contribution in [-0.2, 0) is 0 Å². The molecule has 0 aliphatic rings. The van der Waals surface area contributed by atoms with Gasteiger partial charge in [-0.2, -0.15) is 0 Å². The third-order valence-electron chi connectivity index (χ3n) is 2.49. The van der Waals surface area contributed by atoms with E-state index in [1.807, 2.05) is 19.2 Å². The van der Waals surface area contributed by atoms with Crippen LogP contribution >= 0.6 is 0 Å². The van der Waals surface area contributed by atoms with Gasteiger partial charge in [-0.3, -0.25) is 9.97 Å². The topological polar surface area (TPSA) is 59.9 Å². The van der Waals surface area contributed by atoms with E-state index >= 15 is 0 Å². The number of rotatable bonds is 4. The highest BCUT2D eigenvalue weighted by Crippen LogP contribution is 2.25. The van der Waals surface area contributed by atoms with Crippen LogP contribution in [-0.4, -0.2) is 29.1 Å². The Kier molecular flexibility index (Phi) is 3.62. The standard InChI is InChI=1S/C12H14N4O/c1-13-10(9-3-5-14-6-4-9)11-12(17-2)16-8-7-15-11/h3-8,10,13H,1-2H3. The highest BCUT2D eigenvalue weighted by Gasteiger charge is 2.18. The molecule has 1 unspecified atom stereocenters. The maximum Gasteiger partial charge on any atom is 0.237 e. The molecule has 2 aromatic rings. The van der Waals surface area contributed by atoms with Gasteiger partial charge >= 0.3 is 0 Å². The van der Waals surface area contributed by atoms with Crippen LogP contribution in [0.5, 0.6) is 5.88 Å². The first kappa shape index (κ1) is 11.5. The monoisotopic (exact) mass is 230 g/mol. The Balaban J connectivity index is 2.42. The van der Waals surface area contributed by atoms with Crippen LogP contribution in [0.2, 0.25) is 0 Å². The third kappa shape index (κ3) is 2.39. The summed E-state index contributed by atoms with van der Waals surface area (Å²) in [5, 5.41) is 3.20. The van der Waals surface area contributed by atoms with E-state index in [1.54, 1.807) is 31.9 Å². The van der Waals surface area contributed by atoms with E-state index in [1.165, 1.54) is 0 Å². The highest BCUT2D eigenvalue weighted by molar-refractivity contribution is 5.31. The molecule has 0 saturated carbocycles. The minimum Gasteiger partial charge on any atom is -0.480 e. The summed E-state index contributed by atoms with van der Waals surface area (Å²) in [5.41, 5.74) is 1.84. The molecule has 2 aromatic heterocycles. The molecule has 0 saturated heterocycles. The number of nitrogens with zero attached hydrogens (tertiary/aromatic N) is 3. The first-order valence-corrected chi connectivity index (χ1v) is 5.29. The van der Waals surface area contributed by atoms with Crippen molar-refractivity contribution in [3.05, 3.63) is 48.2 Å². The molecule has 1 atom stereocenters. The lowest BCUT2D eigenvalue weighted by atomic mass is 10.1. The van der Waals surface area contributed by atoms with Crippen LogP contribution in [0, 0.1) is 0 Å².